The number of benzene rings is 2. The Hall–Kier alpha value is -2.28. The number of anilines is 1. The molecule has 0 amide bonds. The largest absolute Gasteiger partial charge is 0.496 e. The second-order valence-corrected chi connectivity index (χ2v) is 6.19. The van der Waals surface area contributed by atoms with E-state index in [1.807, 2.05) is 0 Å². The number of hydrogen-bond acceptors (Lipinski definition) is 4. The molecule has 0 aromatic heterocycles. The maximum Gasteiger partial charge on any atom is 0.265 e. The zero-order valence-electron chi connectivity index (χ0n) is 12.4. The standard InChI is InChI=1S/C15H16FNO4S/c1-10-13(20-2)8-9-14(15(10)21-3)22(18,19)17-12-6-4-11(16)5-7-12/h4-9,17H,1-3H3. The van der Waals surface area contributed by atoms with Gasteiger partial charge >= 0.3 is 0 Å². The minimum absolute atomic E-state index is 0.0161. The van der Waals surface area contributed by atoms with E-state index in [0.29, 0.717) is 11.3 Å². The van der Waals surface area contributed by atoms with Gasteiger partial charge in [0.15, 0.2) is 0 Å². The van der Waals surface area contributed by atoms with Gasteiger partial charge in [-0.2, -0.15) is 0 Å². The molecule has 22 heavy (non-hydrogen) atoms. The number of ether oxygens (including phenoxy) is 2. The van der Waals surface area contributed by atoms with Gasteiger partial charge in [-0.05, 0) is 43.3 Å². The van der Waals surface area contributed by atoms with Crippen LogP contribution in [0.25, 0.3) is 0 Å². The van der Waals surface area contributed by atoms with Crippen molar-refractivity contribution in [1.29, 1.82) is 0 Å². The lowest BCUT2D eigenvalue weighted by Crippen LogP contribution is -2.14. The van der Waals surface area contributed by atoms with Crippen LogP contribution in [0.15, 0.2) is 41.3 Å². The molecule has 0 heterocycles. The Kier molecular flexibility index (Phi) is 4.56. The zero-order valence-corrected chi connectivity index (χ0v) is 13.2. The number of rotatable bonds is 5. The fourth-order valence-corrected chi connectivity index (χ4v) is 3.35. The molecule has 0 aliphatic heterocycles. The Morgan fingerprint density at radius 3 is 2.18 bits per heavy atom. The van der Waals surface area contributed by atoms with E-state index in [1.54, 1.807) is 13.0 Å². The van der Waals surface area contributed by atoms with Crippen LogP contribution >= 0.6 is 0 Å². The first-order chi connectivity index (χ1) is 10.4. The average Bonchev–Trinajstić information content (AvgIpc) is 2.49. The van der Waals surface area contributed by atoms with E-state index in [-0.39, 0.29) is 16.3 Å². The molecule has 0 unspecified atom stereocenters. The van der Waals surface area contributed by atoms with Crippen molar-refractivity contribution in [2.75, 3.05) is 18.9 Å². The normalized spacial score (nSPS) is 11.1. The topological polar surface area (TPSA) is 64.6 Å². The van der Waals surface area contributed by atoms with Gasteiger partial charge in [0.25, 0.3) is 10.0 Å². The second-order valence-electron chi connectivity index (χ2n) is 4.54. The van der Waals surface area contributed by atoms with Gasteiger partial charge in [0.1, 0.15) is 22.2 Å². The molecule has 0 aliphatic carbocycles. The van der Waals surface area contributed by atoms with E-state index in [1.165, 1.54) is 44.6 Å². The van der Waals surface area contributed by atoms with Crippen LogP contribution in [0.3, 0.4) is 0 Å². The van der Waals surface area contributed by atoms with Gasteiger partial charge in [0.05, 0.1) is 14.2 Å². The summed E-state index contributed by atoms with van der Waals surface area (Å²) >= 11 is 0. The fraction of sp³-hybridized carbons (Fsp3) is 0.200. The summed E-state index contributed by atoms with van der Waals surface area (Å²) in [6, 6.07) is 7.99. The van der Waals surface area contributed by atoms with Crippen molar-refractivity contribution < 1.29 is 22.3 Å². The van der Waals surface area contributed by atoms with Gasteiger partial charge in [-0.3, -0.25) is 4.72 Å². The van der Waals surface area contributed by atoms with Crippen molar-refractivity contribution in [2.45, 2.75) is 11.8 Å². The van der Waals surface area contributed by atoms with Gasteiger partial charge < -0.3 is 9.47 Å². The Morgan fingerprint density at radius 2 is 1.64 bits per heavy atom. The van der Waals surface area contributed by atoms with Crippen molar-refractivity contribution in [1.82, 2.24) is 0 Å². The summed E-state index contributed by atoms with van der Waals surface area (Å²) in [4.78, 5) is -0.0161. The third-order valence-corrected chi connectivity index (χ3v) is 4.53. The molecule has 0 saturated heterocycles. The van der Waals surface area contributed by atoms with Gasteiger partial charge in [-0.1, -0.05) is 0 Å². The molecule has 118 valence electrons. The van der Waals surface area contributed by atoms with Crippen LogP contribution in [0.4, 0.5) is 10.1 Å². The summed E-state index contributed by atoms with van der Waals surface area (Å²) in [5.41, 5.74) is 0.837. The quantitative estimate of drug-likeness (QED) is 0.918. The van der Waals surface area contributed by atoms with E-state index in [2.05, 4.69) is 4.72 Å². The predicted octanol–water partition coefficient (Wildman–Crippen LogP) is 2.95. The smallest absolute Gasteiger partial charge is 0.265 e. The molecule has 2 rings (SSSR count). The molecule has 0 radical (unpaired) electrons. The Balaban J connectivity index is 2.45. The van der Waals surface area contributed by atoms with E-state index in [0.717, 1.165) is 0 Å². The highest BCUT2D eigenvalue weighted by Gasteiger charge is 2.23. The van der Waals surface area contributed by atoms with E-state index < -0.39 is 15.8 Å². The first kappa shape index (κ1) is 16.1. The van der Waals surface area contributed by atoms with Gasteiger partial charge in [0, 0.05) is 11.3 Å². The monoisotopic (exact) mass is 325 g/mol. The van der Waals surface area contributed by atoms with Crippen molar-refractivity contribution in [3.8, 4) is 11.5 Å². The highest BCUT2D eigenvalue weighted by Crippen LogP contribution is 2.34. The zero-order chi connectivity index (χ0) is 16.3. The van der Waals surface area contributed by atoms with Crippen LogP contribution in [0.5, 0.6) is 11.5 Å². The summed E-state index contributed by atoms with van der Waals surface area (Å²) in [6.07, 6.45) is 0. The minimum atomic E-state index is -3.87. The van der Waals surface area contributed by atoms with Crippen LogP contribution in [-0.4, -0.2) is 22.6 Å². The average molecular weight is 325 g/mol. The van der Waals surface area contributed by atoms with E-state index >= 15 is 0 Å². The number of methoxy groups -OCH3 is 2. The van der Waals surface area contributed by atoms with Crippen LogP contribution in [0, 0.1) is 12.7 Å². The summed E-state index contributed by atoms with van der Waals surface area (Å²) in [6.45, 7) is 1.70. The molecule has 1 N–H and O–H groups in total. The number of halogens is 1. The van der Waals surface area contributed by atoms with Gasteiger partial charge in [-0.25, -0.2) is 12.8 Å². The number of sulfonamides is 1. The molecule has 2 aromatic rings. The summed E-state index contributed by atoms with van der Waals surface area (Å²) < 4.78 is 50.6. The molecule has 5 nitrogen and oxygen atoms in total. The molecule has 0 fully saturated rings. The highest BCUT2D eigenvalue weighted by atomic mass is 32.2. The summed E-state index contributed by atoms with van der Waals surface area (Å²) in [5.74, 6) is 0.285. The molecule has 2 aromatic carbocycles. The van der Waals surface area contributed by atoms with Crippen LogP contribution in [-0.2, 0) is 10.0 Å². The first-order valence-corrected chi connectivity index (χ1v) is 7.87. The lowest BCUT2D eigenvalue weighted by Gasteiger charge is -2.15. The van der Waals surface area contributed by atoms with Gasteiger partial charge in [-0.15, -0.1) is 0 Å². The summed E-state index contributed by atoms with van der Waals surface area (Å²) in [7, 11) is -0.989. The minimum Gasteiger partial charge on any atom is -0.496 e. The molecule has 0 bridgehead atoms. The SMILES string of the molecule is COc1ccc(S(=O)(=O)Nc2ccc(F)cc2)c(OC)c1C. The van der Waals surface area contributed by atoms with Crippen molar-refractivity contribution in [2.24, 2.45) is 0 Å². The number of nitrogens with one attached hydrogen (secondary N) is 1. The molecular formula is C15H16FNO4S. The lowest BCUT2D eigenvalue weighted by atomic mass is 10.2. The van der Waals surface area contributed by atoms with Crippen LogP contribution in [0.1, 0.15) is 5.56 Å². The van der Waals surface area contributed by atoms with Crippen LogP contribution in [0.2, 0.25) is 0 Å². The molecule has 0 saturated carbocycles. The Labute approximate surface area is 128 Å². The highest BCUT2D eigenvalue weighted by molar-refractivity contribution is 7.92. The Morgan fingerprint density at radius 1 is 1.00 bits per heavy atom. The predicted molar refractivity (Wildman–Crippen MR) is 81.5 cm³/mol. The van der Waals surface area contributed by atoms with Gasteiger partial charge in [0.2, 0.25) is 0 Å². The van der Waals surface area contributed by atoms with Crippen molar-refractivity contribution >= 4 is 15.7 Å². The Bertz CT molecular complexity index is 773. The molecule has 7 heteroatoms. The molecule has 0 atom stereocenters. The van der Waals surface area contributed by atoms with Crippen molar-refractivity contribution in [3.63, 3.8) is 0 Å². The third-order valence-electron chi connectivity index (χ3n) is 3.13. The molecular weight excluding hydrogens is 309 g/mol. The maximum atomic E-state index is 12.9. The first-order valence-electron chi connectivity index (χ1n) is 6.39. The second kappa shape index (κ2) is 6.23. The third kappa shape index (κ3) is 3.14. The molecule has 0 spiro atoms. The van der Waals surface area contributed by atoms with Crippen molar-refractivity contribution in [3.05, 3.63) is 47.8 Å². The lowest BCUT2D eigenvalue weighted by molar-refractivity contribution is 0.380. The molecule has 0 aliphatic rings. The van der Waals surface area contributed by atoms with E-state index in [4.69, 9.17) is 9.47 Å². The van der Waals surface area contributed by atoms with Crippen LogP contribution < -0.4 is 14.2 Å². The summed E-state index contributed by atoms with van der Waals surface area (Å²) in [5, 5.41) is 0. The fourth-order valence-electron chi connectivity index (χ4n) is 2.06. The van der Waals surface area contributed by atoms with E-state index in [9.17, 15) is 12.8 Å². The maximum absolute atomic E-state index is 12.9. The number of hydrogen-bond donors (Lipinski definition) is 1.